The summed E-state index contributed by atoms with van der Waals surface area (Å²) < 4.78 is 0. The summed E-state index contributed by atoms with van der Waals surface area (Å²) in [6.45, 7) is 5.20. The minimum Gasteiger partial charge on any atom is -0.389 e. The van der Waals surface area contributed by atoms with Crippen molar-refractivity contribution in [2.45, 2.75) is 51.2 Å². The van der Waals surface area contributed by atoms with E-state index in [1.54, 1.807) is 0 Å². The van der Waals surface area contributed by atoms with E-state index in [0.717, 1.165) is 25.7 Å². The lowest BCUT2D eigenvalue weighted by atomic mass is 10.0. The molecule has 0 spiro atoms. The zero-order valence-corrected chi connectivity index (χ0v) is 9.16. The van der Waals surface area contributed by atoms with Crippen molar-refractivity contribution in [1.82, 2.24) is 4.90 Å². The van der Waals surface area contributed by atoms with E-state index < -0.39 is 5.60 Å². The van der Waals surface area contributed by atoms with Gasteiger partial charge in [-0.05, 0) is 26.7 Å². The molecule has 1 saturated carbocycles. The van der Waals surface area contributed by atoms with Gasteiger partial charge in [0.05, 0.1) is 18.2 Å². The number of aliphatic hydroxyl groups is 1. The smallest absolute Gasteiger partial charge is 0.0869 e. The topological polar surface area (TPSA) is 47.3 Å². The maximum absolute atomic E-state index is 10.2. The van der Waals surface area contributed by atoms with Gasteiger partial charge in [0.15, 0.2) is 0 Å². The molecule has 0 heterocycles. The molecule has 1 aliphatic rings. The molecule has 0 aromatic rings. The van der Waals surface area contributed by atoms with Crippen LogP contribution in [0.3, 0.4) is 0 Å². The molecule has 0 amide bonds. The molecule has 3 heteroatoms. The predicted octanol–water partition coefficient (Wildman–Crippen LogP) is 1.53. The summed E-state index contributed by atoms with van der Waals surface area (Å²) >= 11 is 0. The van der Waals surface area contributed by atoms with Gasteiger partial charge in [-0.3, -0.25) is 4.90 Å². The highest BCUT2D eigenvalue weighted by Gasteiger charge is 2.33. The quantitative estimate of drug-likeness (QED) is 0.694. The average molecular weight is 196 g/mol. The lowest BCUT2D eigenvalue weighted by Gasteiger charge is -2.32. The molecule has 1 rings (SSSR count). The Bertz CT molecular complexity index is 214. The normalized spacial score (nSPS) is 20.3. The van der Waals surface area contributed by atoms with Gasteiger partial charge in [0.2, 0.25) is 0 Å². The van der Waals surface area contributed by atoms with Crippen LogP contribution in [0.5, 0.6) is 0 Å². The second-order valence-corrected chi connectivity index (χ2v) is 4.59. The first kappa shape index (κ1) is 11.5. The van der Waals surface area contributed by atoms with Gasteiger partial charge in [0.1, 0.15) is 0 Å². The molecule has 0 radical (unpaired) electrons. The molecule has 1 aliphatic carbocycles. The second-order valence-electron chi connectivity index (χ2n) is 4.59. The number of hydrogen-bond acceptors (Lipinski definition) is 3. The minimum absolute atomic E-state index is 0.333. The molecular weight excluding hydrogens is 176 g/mol. The van der Waals surface area contributed by atoms with Crippen molar-refractivity contribution in [3.63, 3.8) is 0 Å². The van der Waals surface area contributed by atoms with Crippen LogP contribution in [-0.4, -0.2) is 34.7 Å². The Hall–Kier alpha value is -0.590. The molecule has 80 valence electrons. The summed E-state index contributed by atoms with van der Waals surface area (Å²) in [7, 11) is 0. The van der Waals surface area contributed by atoms with Gasteiger partial charge in [0, 0.05) is 12.6 Å². The SMILES string of the molecule is CC(C)N(CC#N)CC1(O)CCCC1. The molecule has 0 saturated heterocycles. The Morgan fingerprint density at radius 1 is 1.43 bits per heavy atom. The fraction of sp³-hybridized carbons (Fsp3) is 0.909. The van der Waals surface area contributed by atoms with Crippen LogP contribution in [-0.2, 0) is 0 Å². The molecule has 3 nitrogen and oxygen atoms in total. The van der Waals surface area contributed by atoms with Crippen molar-refractivity contribution in [3.05, 3.63) is 0 Å². The van der Waals surface area contributed by atoms with Crippen LogP contribution in [0.15, 0.2) is 0 Å². The molecular formula is C11H20N2O. The molecule has 0 aromatic carbocycles. The van der Waals surface area contributed by atoms with E-state index in [9.17, 15) is 5.11 Å². The third-order valence-electron chi connectivity index (χ3n) is 3.04. The maximum Gasteiger partial charge on any atom is 0.0869 e. The van der Waals surface area contributed by atoms with Crippen molar-refractivity contribution in [3.8, 4) is 6.07 Å². The zero-order valence-electron chi connectivity index (χ0n) is 9.16. The number of nitrogens with zero attached hydrogens (tertiary/aromatic N) is 2. The van der Waals surface area contributed by atoms with E-state index >= 15 is 0 Å². The largest absolute Gasteiger partial charge is 0.389 e. The zero-order chi connectivity index (χ0) is 10.6. The van der Waals surface area contributed by atoms with E-state index in [0.29, 0.717) is 19.1 Å². The fourth-order valence-corrected chi connectivity index (χ4v) is 2.08. The van der Waals surface area contributed by atoms with Gasteiger partial charge in [0.25, 0.3) is 0 Å². The van der Waals surface area contributed by atoms with Crippen molar-refractivity contribution in [2.24, 2.45) is 0 Å². The van der Waals surface area contributed by atoms with Crippen LogP contribution in [0, 0.1) is 11.3 Å². The highest BCUT2D eigenvalue weighted by molar-refractivity contribution is 4.90. The lowest BCUT2D eigenvalue weighted by Crippen LogP contribution is -2.44. The summed E-state index contributed by atoms with van der Waals surface area (Å²) in [5.41, 5.74) is -0.527. The van der Waals surface area contributed by atoms with Crippen LogP contribution < -0.4 is 0 Å². The van der Waals surface area contributed by atoms with Gasteiger partial charge < -0.3 is 5.11 Å². The molecule has 0 aliphatic heterocycles. The summed E-state index contributed by atoms with van der Waals surface area (Å²) in [6, 6.07) is 2.49. The summed E-state index contributed by atoms with van der Waals surface area (Å²) in [5.74, 6) is 0. The number of rotatable bonds is 4. The monoisotopic (exact) mass is 196 g/mol. The van der Waals surface area contributed by atoms with Crippen molar-refractivity contribution in [2.75, 3.05) is 13.1 Å². The third kappa shape index (κ3) is 2.97. The molecule has 1 fully saturated rings. The first-order chi connectivity index (χ1) is 6.57. The molecule has 0 unspecified atom stereocenters. The van der Waals surface area contributed by atoms with Crippen molar-refractivity contribution >= 4 is 0 Å². The second kappa shape index (κ2) is 4.77. The predicted molar refractivity (Wildman–Crippen MR) is 55.7 cm³/mol. The maximum atomic E-state index is 10.2. The van der Waals surface area contributed by atoms with Crippen LogP contribution in [0.25, 0.3) is 0 Å². The Morgan fingerprint density at radius 3 is 2.43 bits per heavy atom. The first-order valence-electron chi connectivity index (χ1n) is 5.41. The average Bonchev–Trinajstić information content (AvgIpc) is 2.51. The number of nitriles is 1. The van der Waals surface area contributed by atoms with E-state index in [1.807, 2.05) is 4.90 Å². The lowest BCUT2D eigenvalue weighted by molar-refractivity contribution is 0.00483. The summed E-state index contributed by atoms with van der Waals surface area (Å²) in [4.78, 5) is 2.05. The Labute approximate surface area is 86.3 Å². The van der Waals surface area contributed by atoms with E-state index in [2.05, 4.69) is 19.9 Å². The van der Waals surface area contributed by atoms with Gasteiger partial charge >= 0.3 is 0 Å². The van der Waals surface area contributed by atoms with Crippen LogP contribution in [0.4, 0.5) is 0 Å². The Balaban J connectivity index is 2.50. The standard InChI is InChI=1S/C11H20N2O/c1-10(2)13(8-7-12)9-11(14)5-3-4-6-11/h10,14H,3-6,8-9H2,1-2H3. The van der Waals surface area contributed by atoms with Crippen molar-refractivity contribution in [1.29, 1.82) is 5.26 Å². The highest BCUT2D eigenvalue weighted by atomic mass is 16.3. The Kier molecular flexibility index (Phi) is 3.91. The fourth-order valence-electron chi connectivity index (χ4n) is 2.08. The van der Waals surface area contributed by atoms with Gasteiger partial charge in [-0.15, -0.1) is 0 Å². The highest BCUT2D eigenvalue weighted by Crippen LogP contribution is 2.30. The molecule has 14 heavy (non-hydrogen) atoms. The van der Waals surface area contributed by atoms with Gasteiger partial charge in [-0.1, -0.05) is 12.8 Å². The third-order valence-corrected chi connectivity index (χ3v) is 3.04. The van der Waals surface area contributed by atoms with E-state index in [-0.39, 0.29) is 0 Å². The van der Waals surface area contributed by atoms with Gasteiger partial charge in [-0.25, -0.2) is 0 Å². The summed E-state index contributed by atoms with van der Waals surface area (Å²) in [6.07, 6.45) is 4.02. The number of hydrogen-bond donors (Lipinski definition) is 1. The first-order valence-corrected chi connectivity index (χ1v) is 5.41. The van der Waals surface area contributed by atoms with Crippen LogP contribution in [0.1, 0.15) is 39.5 Å². The summed E-state index contributed by atoms with van der Waals surface area (Å²) in [5, 5.41) is 18.9. The van der Waals surface area contributed by atoms with Crippen molar-refractivity contribution < 1.29 is 5.11 Å². The molecule has 0 aromatic heterocycles. The van der Waals surface area contributed by atoms with Crippen LogP contribution >= 0.6 is 0 Å². The molecule has 0 atom stereocenters. The van der Waals surface area contributed by atoms with Gasteiger partial charge in [-0.2, -0.15) is 5.26 Å². The Morgan fingerprint density at radius 2 is 2.00 bits per heavy atom. The molecule has 1 N–H and O–H groups in total. The van der Waals surface area contributed by atoms with Crippen LogP contribution in [0.2, 0.25) is 0 Å². The van der Waals surface area contributed by atoms with E-state index in [1.165, 1.54) is 0 Å². The molecule has 0 bridgehead atoms. The minimum atomic E-state index is -0.527. The van der Waals surface area contributed by atoms with E-state index in [4.69, 9.17) is 5.26 Å².